The van der Waals surface area contributed by atoms with Crippen LogP contribution >= 0.6 is 0 Å². The van der Waals surface area contributed by atoms with Gasteiger partial charge in [0.15, 0.2) is 0 Å². The number of hydrogen-bond donors (Lipinski definition) is 2. The van der Waals surface area contributed by atoms with E-state index in [0.29, 0.717) is 19.5 Å². The first-order valence-electron chi connectivity index (χ1n) is 9.46. The van der Waals surface area contributed by atoms with Crippen molar-refractivity contribution in [1.29, 1.82) is 0 Å². The lowest BCUT2D eigenvalue weighted by molar-refractivity contribution is -0.121. The van der Waals surface area contributed by atoms with Gasteiger partial charge in [-0.25, -0.2) is 9.67 Å². The number of nitrogens with one attached hydrogen (secondary N) is 1. The molecule has 0 atom stereocenters. The summed E-state index contributed by atoms with van der Waals surface area (Å²) in [6.07, 6.45) is 7.92. The highest BCUT2D eigenvalue weighted by atomic mass is 16.1. The van der Waals surface area contributed by atoms with Gasteiger partial charge in [0, 0.05) is 13.3 Å². The zero-order chi connectivity index (χ0) is 19.9. The molecule has 1 aromatic carbocycles. The Morgan fingerprint density at radius 3 is 2.44 bits per heavy atom. The number of benzene rings is 1. The van der Waals surface area contributed by atoms with Crippen LogP contribution in [0.5, 0.6) is 0 Å². The number of unbranched alkanes of at least 4 members (excludes halogenated alkanes) is 4. The maximum Gasteiger partial charge on any atom is 0.220 e. The first-order valence-corrected chi connectivity index (χ1v) is 9.46. The first kappa shape index (κ1) is 22.3. The van der Waals surface area contributed by atoms with Crippen molar-refractivity contribution >= 4 is 11.8 Å². The normalized spacial score (nSPS) is 10.0. The summed E-state index contributed by atoms with van der Waals surface area (Å²) in [6, 6.07) is 10.1. The van der Waals surface area contributed by atoms with Crippen molar-refractivity contribution in [3.8, 4) is 0 Å². The SMILES string of the molecule is CC(N)=O.CCCCCCCC(=O)NCc1ncnn1Cc1ccccc1. The second-order valence-electron chi connectivity index (χ2n) is 6.37. The van der Waals surface area contributed by atoms with Crippen LogP contribution in [0, 0.1) is 0 Å². The van der Waals surface area contributed by atoms with E-state index in [-0.39, 0.29) is 11.8 Å². The van der Waals surface area contributed by atoms with Gasteiger partial charge in [0.25, 0.3) is 0 Å². The number of amides is 2. The van der Waals surface area contributed by atoms with Crippen molar-refractivity contribution in [3.05, 3.63) is 48.0 Å². The third-order valence-corrected chi connectivity index (χ3v) is 3.82. The fourth-order valence-corrected chi connectivity index (χ4v) is 2.47. The fourth-order valence-electron chi connectivity index (χ4n) is 2.47. The minimum atomic E-state index is -0.333. The smallest absolute Gasteiger partial charge is 0.220 e. The molecule has 2 aromatic rings. The Kier molecular flexibility index (Phi) is 11.2. The molecule has 0 aliphatic heterocycles. The number of primary amides is 1. The number of nitrogens with two attached hydrogens (primary N) is 1. The van der Waals surface area contributed by atoms with Gasteiger partial charge in [-0.15, -0.1) is 0 Å². The van der Waals surface area contributed by atoms with Gasteiger partial charge in [-0.2, -0.15) is 5.10 Å². The molecule has 0 fully saturated rings. The van der Waals surface area contributed by atoms with Crippen LogP contribution in [0.25, 0.3) is 0 Å². The van der Waals surface area contributed by atoms with Crippen LogP contribution in [0.2, 0.25) is 0 Å². The maximum atomic E-state index is 11.9. The maximum absolute atomic E-state index is 11.9. The van der Waals surface area contributed by atoms with Gasteiger partial charge in [0.05, 0.1) is 13.1 Å². The molecule has 0 saturated heterocycles. The molecule has 1 aromatic heterocycles. The minimum Gasteiger partial charge on any atom is -0.370 e. The molecule has 2 amide bonds. The van der Waals surface area contributed by atoms with Crippen LogP contribution in [0.15, 0.2) is 36.7 Å². The Balaban J connectivity index is 0.000000828. The van der Waals surface area contributed by atoms with Crippen LogP contribution in [-0.2, 0) is 22.7 Å². The Morgan fingerprint density at radius 2 is 1.78 bits per heavy atom. The van der Waals surface area contributed by atoms with Crippen molar-refractivity contribution in [2.24, 2.45) is 5.73 Å². The van der Waals surface area contributed by atoms with Gasteiger partial charge in [-0.3, -0.25) is 9.59 Å². The summed E-state index contributed by atoms with van der Waals surface area (Å²) in [7, 11) is 0. The second-order valence-corrected chi connectivity index (χ2v) is 6.37. The zero-order valence-electron chi connectivity index (χ0n) is 16.4. The van der Waals surface area contributed by atoms with Crippen LogP contribution in [0.1, 0.15) is 63.8 Å². The second kappa shape index (κ2) is 13.5. The summed E-state index contributed by atoms with van der Waals surface area (Å²) in [5.74, 6) is 0.545. The molecule has 0 aliphatic carbocycles. The highest BCUT2D eigenvalue weighted by Gasteiger charge is 2.07. The third-order valence-electron chi connectivity index (χ3n) is 3.82. The summed E-state index contributed by atoms with van der Waals surface area (Å²) in [6.45, 7) is 4.60. The summed E-state index contributed by atoms with van der Waals surface area (Å²) >= 11 is 0. The Bertz CT molecular complexity index is 666. The number of aromatic nitrogens is 3. The number of nitrogens with zero attached hydrogens (tertiary/aromatic N) is 3. The van der Waals surface area contributed by atoms with Crippen molar-refractivity contribution in [3.63, 3.8) is 0 Å². The van der Waals surface area contributed by atoms with E-state index in [4.69, 9.17) is 0 Å². The van der Waals surface area contributed by atoms with Crippen molar-refractivity contribution in [2.45, 2.75) is 65.5 Å². The van der Waals surface area contributed by atoms with Crippen molar-refractivity contribution in [1.82, 2.24) is 20.1 Å². The number of carbonyl (C=O) groups is 2. The monoisotopic (exact) mass is 373 g/mol. The molecule has 148 valence electrons. The molecule has 0 spiro atoms. The lowest BCUT2D eigenvalue weighted by Gasteiger charge is -2.08. The molecule has 3 N–H and O–H groups in total. The fraction of sp³-hybridized carbons (Fsp3) is 0.500. The first-order chi connectivity index (χ1) is 13.0. The van der Waals surface area contributed by atoms with Gasteiger partial charge >= 0.3 is 0 Å². The average molecular weight is 374 g/mol. The van der Waals surface area contributed by atoms with E-state index in [0.717, 1.165) is 18.7 Å². The Morgan fingerprint density at radius 1 is 1.11 bits per heavy atom. The predicted molar refractivity (Wildman–Crippen MR) is 106 cm³/mol. The largest absolute Gasteiger partial charge is 0.370 e. The van der Waals surface area contributed by atoms with Gasteiger partial charge in [0.1, 0.15) is 12.2 Å². The van der Waals surface area contributed by atoms with E-state index in [1.165, 1.54) is 38.1 Å². The highest BCUT2D eigenvalue weighted by Crippen LogP contribution is 2.06. The highest BCUT2D eigenvalue weighted by molar-refractivity contribution is 5.75. The summed E-state index contributed by atoms with van der Waals surface area (Å²) in [5.41, 5.74) is 5.64. The van der Waals surface area contributed by atoms with Gasteiger partial charge < -0.3 is 11.1 Å². The van der Waals surface area contributed by atoms with Crippen molar-refractivity contribution < 1.29 is 9.59 Å². The van der Waals surface area contributed by atoms with Crippen LogP contribution < -0.4 is 11.1 Å². The van der Waals surface area contributed by atoms with E-state index < -0.39 is 0 Å². The van der Waals surface area contributed by atoms with E-state index in [9.17, 15) is 9.59 Å². The molecular weight excluding hydrogens is 342 g/mol. The minimum absolute atomic E-state index is 0.0933. The Labute approximate surface area is 161 Å². The molecule has 2 rings (SSSR count). The summed E-state index contributed by atoms with van der Waals surface area (Å²) in [4.78, 5) is 25.3. The molecule has 27 heavy (non-hydrogen) atoms. The summed E-state index contributed by atoms with van der Waals surface area (Å²) in [5, 5.41) is 7.18. The standard InChI is InChI=1S/C18H26N4O.C2H5NO/c1-2-3-4-5-9-12-18(23)19-13-17-20-15-21-22(17)14-16-10-7-6-8-11-16;1-2(3)4/h6-8,10-11,15H,2-5,9,12-14H2,1H3,(H,19,23);1H3,(H2,3,4). The number of hydrogen-bond acceptors (Lipinski definition) is 4. The lowest BCUT2D eigenvalue weighted by Crippen LogP contribution is -2.24. The van der Waals surface area contributed by atoms with Crippen molar-refractivity contribution in [2.75, 3.05) is 0 Å². The molecule has 0 saturated carbocycles. The van der Waals surface area contributed by atoms with Crippen LogP contribution in [-0.4, -0.2) is 26.6 Å². The zero-order valence-corrected chi connectivity index (χ0v) is 16.4. The molecule has 7 heteroatoms. The van der Waals surface area contributed by atoms with Gasteiger partial charge in [0.2, 0.25) is 11.8 Å². The molecule has 7 nitrogen and oxygen atoms in total. The van der Waals surface area contributed by atoms with Crippen LogP contribution in [0.4, 0.5) is 0 Å². The van der Waals surface area contributed by atoms with Gasteiger partial charge in [-0.05, 0) is 12.0 Å². The molecule has 0 bridgehead atoms. The topological polar surface area (TPSA) is 103 Å². The van der Waals surface area contributed by atoms with E-state index in [2.05, 4.69) is 40.2 Å². The number of carbonyl (C=O) groups excluding carboxylic acids is 2. The van der Waals surface area contributed by atoms with Crippen LogP contribution in [0.3, 0.4) is 0 Å². The molecule has 0 aliphatic rings. The molecule has 0 radical (unpaired) electrons. The lowest BCUT2D eigenvalue weighted by atomic mass is 10.1. The average Bonchev–Trinajstić information content (AvgIpc) is 3.07. The third kappa shape index (κ3) is 10.8. The molecule has 0 unspecified atom stereocenters. The van der Waals surface area contributed by atoms with Gasteiger partial charge in [-0.1, -0.05) is 62.9 Å². The quantitative estimate of drug-likeness (QED) is 0.625. The predicted octanol–water partition coefficient (Wildman–Crippen LogP) is 2.79. The number of rotatable bonds is 10. The molecule has 1 heterocycles. The Hall–Kier alpha value is -2.70. The van der Waals surface area contributed by atoms with E-state index in [1.807, 2.05) is 22.9 Å². The van der Waals surface area contributed by atoms with E-state index in [1.54, 1.807) is 0 Å². The van der Waals surface area contributed by atoms with E-state index >= 15 is 0 Å². The molecular formula is C20H31N5O2. The summed E-state index contributed by atoms with van der Waals surface area (Å²) < 4.78 is 1.83.